The summed E-state index contributed by atoms with van der Waals surface area (Å²) in [4.78, 5) is 19.0. The molecule has 0 bridgehead atoms. The molecule has 8 heteroatoms. The SMILES string of the molecule is CCc1cccc(CN(C[C@@H](O)[C@@H](N)Cc2cc(F)cc(F)c2)C(=O)c2ccc3[nH]c4c(c3c2)CSCC4)c1. The summed E-state index contributed by atoms with van der Waals surface area (Å²) >= 11 is 1.89. The molecule has 1 amide bonds. The van der Waals surface area contributed by atoms with Gasteiger partial charge in [-0.05, 0) is 77.6 Å². The number of aliphatic hydroxyl groups is 1. The van der Waals surface area contributed by atoms with E-state index >= 15 is 0 Å². The smallest absolute Gasteiger partial charge is 0.254 e. The van der Waals surface area contributed by atoms with Gasteiger partial charge in [0, 0.05) is 53.1 Å². The molecule has 1 aliphatic rings. The van der Waals surface area contributed by atoms with Crippen molar-refractivity contribution in [2.24, 2.45) is 5.73 Å². The number of aromatic amines is 1. The second-order valence-electron chi connectivity index (χ2n) is 10.2. The Labute approximate surface area is 231 Å². The number of carbonyl (C=O) groups excluding carboxylic acids is 1. The summed E-state index contributed by atoms with van der Waals surface area (Å²) in [6.07, 6.45) is 0.821. The van der Waals surface area contributed by atoms with Crippen molar-refractivity contribution in [1.29, 1.82) is 0 Å². The number of nitrogens with two attached hydrogens (primary N) is 1. The van der Waals surface area contributed by atoms with Crippen molar-refractivity contribution < 1.29 is 18.7 Å². The lowest BCUT2D eigenvalue weighted by Crippen LogP contribution is -2.46. The number of fused-ring (bicyclic) bond motifs is 3. The number of aromatic nitrogens is 1. The predicted molar refractivity (Wildman–Crippen MR) is 153 cm³/mol. The minimum atomic E-state index is -1.10. The standard InChI is InChI=1S/C31H33F2N3O2S/c1-2-19-4-3-5-20(10-19)16-36(17-30(37)27(34)13-21-11-23(32)15-24(33)12-21)31(38)22-6-7-28-25(14-22)26-18-39-9-8-29(26)35-28/h3-7,10-12,14-15,27,30,35,37H,2,8-9,13,16-18,34H2,1H3/t27-,30+/m0/s1. The number of thioether (sulfide) groups is 1. The van der Waals surface area contributed by atoms with Gasteiger partial charge < -0.3 is 20.7 Å². The number of amides is 1. The molecule has 204 valence electrons. The van der Waals surface area contributed by atoms with Crippen LogP contribution in [-0.2, 0) is 31.6 Å². The van der Waals surface area contributed by atoms with Gasteiger partial charge in [0.25, 0.3) is 5.91 Å². The number of carbonyl (C=O) groups is 1. The van der Waals surface area contributed by atoms with Gasteiger partial charge in [0.05, 0.1) is 6.10 Å². The molecule has 0 saturated heterocycles. The maximum absolute atomic E-state index is 13.9. The van der Waals surface area contributed by atoms with E-state index in [1.807, 2.05) is 48.2 Å². The van der Waals surface area contributed by atoms with Gasteiger partial charge in [0.1, 0.15) is 11.6 Å². The Morgan fingerprint density at radius 2 is 1.85 bits per heavy atom. The van der Waals surface area contributed by atoms with Crippen LogP contribution in [0.1, 0.15) is 45.2 Å². The van der Waals surface area contributed by atoms with E-state index in [1.165, 1.54) is 23.4 Å². The summed E-state index contributed by atoms with van der Waals surface area (Å²) in [7, 11) is 0. The summed E-state index contributed by atoms with van der Waals surface area (Å²) in [6.45, 7) is 2.35. The highest BCUT2D eigenvalue weighted by Crippen LogP contribution is 2.32. The van der Waals surface area contributed by atoms with Crippen LogP contribution >= 0.6 is 11.8 Å². The quantitative estimate of drug-likeness (QED) is 0.262. The first kappa shape index (κ1) is 27.4. The molecular weight excluding hydrogens is 516 g/mol. The third kappa shape index (κ3) is 6.35. The highest BCUT2D eigenvalue weighted by molar-refractivity contribution is 7.98. The van der Waals surface area contributed by atoms with E-state index in [-0.39, 0.29) is 18.9 Å². The molecule has 2 atom stereocenters. The average molecular weight is 550 g/mol. The fourth-order valence-electron chi connectivity index (χ4n) is 5.23. The summed E-state index contributed by atoms with van der Waals surface area (Å²) in [5.41, 5.74) is 12.8. The van der Waals surface area contributed by atoms with Crippen molar-refractivity contribution in [3.05, 3.63) is 106 Å². The molecule has 2 heterocycles. The van der Waals surface area contributed by atoms with Crippen LogP contribution in [0, 0.1) is 11.6 Å². The minimum Gasteiger partial charge on any atom is -0.390 e. The number of nitrogens with zero attached hydrogens (tertiary/aromatic N) is 1. The summed E-state index contributed by atoms with van der Waals surface area (Å²) < 4.78 is 27.4. The lowest BCUT2D eigenvalue weighted by Gasteiger charge is -2.28. The van der Waals surface area contributed by atoms with E-state index in [1.54, 1.807) is 4.90 Å². The summed E-state index contributed by atoms with van der Waals surface area (Å²) in [5.74, 6) is 0.395. The van der Waals surface area contributed by atoms with E-state index in [9.17, 15) is 18.7 Å². The third-order valence-electron chi connectivity index (χ3n) is 7.34. The fourth-order valence-corrected chi connectivity index (χ4v) is 6.26. The molecule has 0 aliphatic carbocycles. The van der Waals surface area contributed by atoms with Gasteiger partial charge in [-0.25, -0.2) is 8.78 Å². The van der Waals surface area contributed by atoms with Gasteiger partial charge in [-0.1, -0.05) is 31.2 Å². The first-order valence-electron chi connectivity index (χ1n) is 13.3. The molecule has 39 heavy (non-hydrogen) atoms. The maximum Gasteiger partial charge on any atom is 0.254 e. The number of halogens is 2. The second-order valence-corrected chi connectivity index (χ2v) is 11.3. The van der Waals surface area contributed by atoms with Crippen LogP contribution in [0.4, 0.5) is 8.78 Å². The summed E-state index contributed by atoms with van der Waals surface area (Å²) in [5, 5.41) is 12.1. The van der Waals surface area contributed by atoms with Gasteiger partial charge in [-0.2, -0.15) is 11.8 Å². The molecule has 1 aliphatic heterocycles. The van der Waals surface area contributed by atoms with Crippen LogP contribution in [0.3, 0.4) is 0 Å². The molecule has 0 fully saturated rings. The van der Waals surface area contributed by atoms with Gasteiger partial charge in [0.2, 0.25) is 0 Å². The molecule has 5 rings (SSSR count). The number of H-pyrrole nitrogens is 1. The fraction of sp³-hybridized carbons (Fsp3) is 0.323. The van der Waals surface area contributed by atoms with Crippen LogP contribution in [0.15, 0.2) is 60.7 Å². The van der Waals surface area contributed by atoms with Gasteiger partial charge >= 0.3 is 0 Å². The largest absolute Gasteiger partial charge is 0.390 e. The Balaban J connectivity index is 1.41. The molecule has 1 aromatic heterocycles. The van der Waals surface area contributed by atoms with Crippen molar-refractivity contribution in [1.82, 2.24) is 9.88 Å². The second kappa shape index (κ2) is 11.9. The monoisotopic (exact) mass is 549 g/mol. The predicted octanol–water partition coefficient (Wildman–Crippen LogP) is 5.37. The van der Waals surface area contributed by atoms with E-state index in [0.29, 0.717) is 17.7 Å². The van der Waals surface area contributed by atoms with Crippen LogP contribution in [0.2, 0.25) is 0 Å². The number of aryl methyl sites for hydroxylation is 2. The zero-order valence-corrected chi connectivity index (χ0v) is 22.7. The number of nitrogens with one attached hydrogen (secondary N) is 1. The maximum atomic E-state index is 13.9. The molecule has 3 aromatic carbocycles. The lowest BCUT2D eigenvalue weighted by molar-refractivity contribution is 0.0554. The van der Waals surface area contributed by atoms with Gasteiger partial charge in [0.15, 0.2) is 0 Å². The van der Waals surface area contributed by atoms with Crippen LogP contribution in [0.5, 0.6) is 0 Å². The lowest BCUT2D eigenvalue weighted by atomic mass is 10.0. The van der Waals surface area contributed by atoms with E-state index in [0.717, 1.165) is 52.4 Å². The topological polar surface area (TPSA) is 82.3 Å². The Morgan fingerprint density at radius 3 is 2.62 bits per heavy atom. The zero-order chi connectivity index (χ0) is 27.5. The molecular formula is C31H33F2N3O2S. The number of aliphatic hydroxyl groups excluding tert-OH is 1. The summed E-state index contributed by atoms with van der Waals surface area (Å²) in [6, 6.07) is 16.1. The number of hydrogen-bond donors (Lipinski definition) is 3. The molecule has 0 spiro atoms. The number of hydrogen-bond acceptors (Lipinski definition) is 4. The molecule has 0 radical (unpaired) electrons. The normalized spacial score (nSPS) is 14.7. The Bertz CT molecular complexity index is 1470. The minimum absolute atomic E-state index is 0.0206. The Kier molecular flexibility index (Phi) is 8.35. The molecule has 4 aromatic rings. The molecule has 0 unspecified atom stereocenters. The molecule has 5 nitrogen and oxygen atoms in total. The first-order valence-corrected chi connectivity index (χ1v) is 14.4. The highest BCUT2D eigenvalue weighted by atomic mass is 32.2. The van der Waals surface area contributed by atoms with Crippen molar-refractivity contribution >= 4 is 28.6 Å². The van der Waals surface area contributed by atoms with Crippen molar-refractivity contribution in [3.8, 4) is 0 Å². The number of benzene rings is 3. The number of rotatable bonds is 9. The Morgan fingerprint density at radius 1 is 1.08 bits per heavy atom. The van der Waals surface area contributed by atoms with Gasteiger partial charge in [-0.3, -0.25) is 4.79 Å². The van der Waals surface area contributed by atoms with Crippen LogP contribution in [0.25, 0.3) is 10.9 Å². The average Bonchev–Trinajstić information content (AvgIpc) is 3.29. The van der Waals surface area contributed by atoms with Crippen molar-refractivity contribution in [2.45, 2.75) is 50.6 Å². The highest BCUT2D eigenvalue weighted by Gasteiger charge is 2.25. The van der Waals surface area contributed by atoms with E-state index in [2.05, 4.69) is 18.0 Å². The van der Waals surface area contributed by atoms with E-state index in [4.69, 9.17) is 5.73 Å². The molecule has 0 saturated carbocycles. The molecule has 4 N–H and O–H groups in total. The van der Waals surface area contributed by atoms with Crippen molar-refractivity contribution in [2.75, 3.05) is 12.3 Å². The van der Waals surface area contributed by atoms with Crippen LogP contribution < -0.4 is 5.73 Å². The van der Waals surface area contributed by atoms with Crippen LogP contribution in [-0.4, -0.2) is 45.3 Å². The van der Waals surface area contributed by atoms with Gasteiger partial charge in [-0.15, -0.1) is 0 Å². The first-order chi connectivity index (χ1) is 18.8. The zero-order valence-electron chi connectivity index (χ0n) is 21.9. The third-order valence-corrected chi connectivity index (χ3v) is 8.33. The van der Waals surface area contributed by atoms with E-state index < -0.39 is 23.8 Å². The Hall–Kier alpha value is -3.20. The van der Waals surface area contributed by atoms with Crippen molar-refractivity contribution in [3.63, 3.8) is 0 Å².